The SMILES string of the molecule is O=C(O)[C@@H]1CCCN1C(=O)c1cc(Br)sc1Br. The summed E-state index contributed by atoms with van der Waals surface area (Å²) >= 11 is 8.03. The van der Waals surface area contributed by atoms with Crippen LogP contribution in [0, 0.1) is 0 Å². The molecule has 0 radical (unpaired) electrons. The fourth-order valence-corrected chi connectivity index (χ4v) is 4.68. The van der Waals surface area contributed by atoms with Gasteiger partial charge in [0.25, 0.3) is 5.91 Å². The van der Waals surface area contributed by atoms with Crippen LogP contribution in [0.15, 0.2) is 13.6 Å². The average molecular weight is 383 g/mol. The average Bonchev–Trinajstić information content (AvgIpc) is 2.83. The van der Waals surface area contributed by atoms with E-state index in [0.29, 0.717) is 18.5 Å². The van der Waals surface area contributed by atoms with E-state index in [1.807, 2.05) is 0 Å². The molecule has 2 rings (SSSR count). The number of carboxylic acid groups (broad SMARTS) is 1. The molecular weight excluding hydrogens is 374 g/mol. The van der Waals surface area contributed by atoms with Gasteiger partial charge < -0.3 is 10.0 Å². The lowest BCUT2D eigenvalue weighted by Crippen LogP contribution is -2.40. The van der Waals surface area contributed by atoms with Gasteiger partial charge >= 0.3 is 5.97 Å². The number of carboxylic acids is 1. The summed E-state index contributed by atoms with van der Waals surface area (Å²) in [5, 5.41) is 9.04. The molecule has 0 aliphatic carbocycles. The summed E-state index contributed by atoms with van der Waals surface area (Å²) in [6, 6.07) is 1.03. The highest BCUT2D eigenvalue weighted by Gasteiger charge is 2.35. The highest BCUT2D eigenvalue weighted by atomic mass is 79.9. The van der Waals surface area contributed by atoms with Gasteiger partial charge in [0.1, 0.15) is 6.04 Å². The van der Waals surface area contributed by atoms with Crippen LogP contribution in [0.1, 0.15) is 23.2 Å². The van der Waals surface area contributed by atoms with Crippen LogP contribution in [0.5, 0.6) is 0 Å². The van der Waals surface area contributed by atoms with Gasteiger partial charge in [0, 0.05) is 6.54 Å². The smallest absolute Gasteiger partial charge is 0.326 e. The van der Waals surface area contributed by atoms with Crippen molar-refractivity contribution in [3.63, 3.8) is 0 Å². The molecule has 0 unspecified atom stereocenters. The number of carbonyl (C=O) groups is 2. The van der Waals surface area contributed by atoms with Crippen molar-refractivity contribution in [2.45, 2.75) is 18.9 Å². The van der Waals surface area contributed by atoms with Crippen LogP contribution in [0.2, 0.25) is 0 Å². The van der Waals surface area contributed by atoms with Gasteiger partial charge in [0.15, 0.2) is 0 Å². The van der Waals surface area contributed by atoms with Crippen LogP contribution in [0.4, 0.5) is 0 Å². The van der Waals surface area contributed by atoms with Gasteiger partial charge in [0.05, 0.1) is 13.1 Å². The van der Waals surface area contributed by atoms with Gasteiger partial charge in [0.2, 0.25) is 0 Å². The Hall–Kier alpha value is -0.400. The zero-order chi connectivity index (χ0) is 12.6. The molecule has 2 heterocycles. The maximum absolute atomic E-state index is 12.2. The van der Waals surface area contributed by atoms with Crippen LogP contribution in [-0.2, 0) is 4.79 Å². The highest BCUT2D eigenvalue weighted by molar-refractivity contribution is 9.12. The third-order valence-electron chi connectivity index (χ3n) is 2.69. The minimum Gasteiger partial charge on any atom is -0.480 e. The van der Waals surface area contributed by atoms with Crippen molar-refractivity contribution < 1.29 is 14.7 Å². The summed E-state index contributed by atoms with van der Waals surface area (Å²) in [7, 11) is 0. The van der Waals surface area contributed by atoms with E-state index in [0.717, 1.165) is 14.0 Å². The quantitative estimate of drug-likeness (QED) is 0.855. The first kappa shape index (κ1) is 13.0. The molecule has 4 nitrogen and oxygen atoms in total. The predicted octanol–water partition coefficient (Wildman–Crippen LogP) is 2.96. The molecule has 0 bridgehead atoms. The Morgan fingerprint density at radius 3 is 2.71 bits per heavy atom. The third kappa shape index (κ3) is 2.56. The van der Waals surface area contributed by atoms with Crippen LogP contribution in [0.25, 0.3) is 0 Å². The van der Waals surface area contributed by atoms with E-state index in [9.17, 15) is 9.59 Å². The van der Waals surface area contributed by atoms with E-state index in [4.69, 9.17) is 5.11 Å². The Bertz CT molecular complexity index is 474. The van der Waals surface area contributed by atoms with E-state index >= 15 is 0 Å². The van der Waals surface area contributed by atoms with E-state index in [-0.39, 0.29) is 5.91 Å². The molecule has 1 amide bonds. The Kier molecular flexibility index (Phi) is 3.89. The molecule has 1 atom stereocenters. The molecule has 92 valence electrons. The van der Waals surface area contributed by atoms with E-state index in [2.05, 4.69) is 31.9 Å². The minimum atomic E-state index is -0.929. The summed E-state index contributed by atoms with van der Waals surface area (Å²) in [6.45, 7) is 0.510. The molecule has 1 aromatic heterocycles. The Labute approximate surface area is 119 Å². The van der Waals surface area contributed by atoms with Crippen molar-refractivity contribution in [2.75, 3.05) is 6.54 Å². The monoisotopic (exact) mass is 381 g/mol. The zero-order valence-electron chi connectivity index (χ0n) is 8.65. The number of aliphatic carboxylic acids is 1. The molecule has 17 heavy (non-hydrogen) atoms. The topological polar surface area (TPSA) is 57.6 Å². The molecule has 1 N–H and O–H groups in total. The number of likely N-dealkylation sites (tertiary alicyclic amines) is 1. The third-order valence-corrected chi connectivity index (χ3v) is 5.03. The summed E-state index contributed by atoms with van der Waals surface area (Å²) in [6.07, 6.45) is 1.27. The Morgan fingerprint density at radius 1 is 1.47 bits per heavy atom. The Balaban J connectivity index is 2.25. The molecule has 1 aliphatic rings. The standard InChI is InChI=1S/C10H9Br2NO3S/c11-7-4-5(8(12)17-7)9(14)13-3-1-2-6(13)10(15)16/h4,6H,1-3H2,(H,15,16)/t6-/m0/s1. The van der Waals surface area contributed by atoms with Crippen LogP contribution >= 0.6 is 43.2 Å². The number of hydrogen-bond donors (Lipinski definition) is 1. The molecule has 1 aliphatic heterocycles. The molecule has 0 spiro atoms. The van der Waals surface area contributed by atoms with Crippen LogP contribution < -0.4 is 0 Å². The highest BCUT2D eigenvalue weighted by Crippen LogP contribution is 2.33. The van der Waals surface area contributed by atoms with Gasteiger partial charge in [-0.15, -0.1) is 11.3 Å². The molecular formula is C10H9Br2NO3S. The summed E-state index contributed by atoms with van der Waals surface area (Å²) in [5.41, 5.74) is 0.523. The van der Waals surface area contributed by atoms with Crippen LogP contribution in [-0.4, -0.2) is 34.5 Å². The van der Waals surface area contributed by atoms with E-state index in [1.165, 1.54) is 16.2 Å². The first-order chi connectivity index (χ1) is 8.00. The molecule has 0 aromatic carbocycles. The normalized spacial score (nSPS) is 19.6. The summed E-state index contributed by atoms with van der Waals surface area (Å²) in [5.74, 6) is -1.15. The van der Waals surface area contributed by atoms with Gasteiger partial charge in [-0.05, 0) is 50.8 Å². The van der Waals surface area contributed by atoms with E-state index in [1.54, 1.807) is 6.07 Å². The lowest BCUT2D eigenvalue weighted by atomic mass is 10.2. The van der Waals surface area contributed by atoms with Gasteiger partial charge in [-0.25, -0.2) is 4.79 Å². The largest absolute Gasteiger partial charge is 0.480 e. The number of thiophene rings is 1. The lowest BCUT2D eigenvalue weighted by molar-refractivity contribution is -0.141. The van der Waals surface area contributed by atoms with Crippen molar-refractivity contribution in [3.05, 3.63) is 19.2 Å². The summed E-state index contributed by atoms with van der Waals surface area (Å²) in [4.78, 5) is 24.7. The summed E-state index contributed by atoms with van der Waals surface area (Å²) < 4.78 is 1.57. The van der Waals surface area contributed by atoms with Gasteiger partial charge in [-0.1, -0.05) is 0 Å². The molecule has 7 heteroatoms. The Morgan fingerprint density at radius 2 is 2.18 bits per heavy atom. The molecule has 1 fully saturated rings. The number of carbonyl (C=O) groups excluding carboxylic acids is 1. The van der Waals surface area contributed by atoms with Crippen molar-refractivity contribution >= 4 is 55.1 Å². The fraction of sp³-hybridized carbons (Fsp3) is 0.400. The van der Waals surface area contributed by atoms with Crippen LogP contribution in [0.3, 0.4) is 0 Å². The molecule has 1 aromatic rings. The first-order valence-corrected chi connectivity index (χ1v) is 7.39. The number of rotatable bonds is 2. The number of hydrogen-bond acceptors (Lipinski definition) is 3. The van der Waals surface area contributed by atoms with Crippen molar-refractivity contribution in [3.8, 4) is 0 Å². The van der Waals surface area contributed by atoms with Crippen molar-refractivity contribution in [2.24, 2.45) is 0 Å². The second-order valence-corrected chi connectivity index (χ2v) is 7.48. The lowest BCUT2D eigenvalue weighted by Gasteiger charge is -2.20. The number of amides is 1. The van der Waals surface area contributed by atoms with E-state index < -0.39 is 12.0 Å². The second kappa shape index (κ2) is 5.07. The van der Waals surface area contributed by atoms with Crippen molar-refractivity contribution in [1.82, 2.24) is 4.90 Å². The molecule has 1 saturated heterocycles. The minimum absolute atomic E-state index is 0.219. The maximum atomic E-state index is 12.2. The number of nitrogens with zero attached hydrogens (tertiary/aromatic N) is 1. The second-order valence-electron chi connectivity index (χ2n) is 3.73. The zero-order valence-corrected chi connectivity index (χ0v) is 12.6. The maximum Gasteiger partial charge on any atom is 0.326 e. The fourth-order valence-electron chi connectivity index (χ4n) is 1.91. The predicted molar refractivity (Wildman–Crippen MR) is 71.4 cm³/mol. The molecule has 0 saturated carbocycles. The van der Waals surface area contributed by atoms with Gasteiger partial charge in [-0.2, -0.15) is 0 Å². The van der Waals surface area contributed by atoms with Gasteiger partial charge in [-0.3, -0.25) is 4.79 Å². The number of halogens is 2. The van der Waals surface area contributed by atoms with Crippen molar-refractivity contribution in [1.29, 1.82) is 0 Å². The first-order valence-electron chi connectivity index (χ1n) is 4.99.